The maximum absolute atomic E-state index is 13.8. The van der Waals surface area contributed by atoms with Crippen LogP contribution in [0.1, 0.15) is 46.8 Å². The number of hydrogen-bond acceptors (Lipinski definition) is 6. The number of carboxylic acid groups (broad SMARTS) is 1. The van der Waals surface area contributed by atoms with E-state index >= 15 is 0 Å². The van der Waals surface area contributed by atoms with Crippen LogP contribution >= 0.6 is 23.4 Å². The zero-order valence-corrected chi connectivity index (χ0v) is 24.6. The summed E-state index contributed by atoms with van der Waals surface area (Å²) in [6, 6.07) is 17.8. The second kappa shape index (κ2) is 11.9. The Bertz CT molecular complexity index is 1400. The first-order valence-corrected chi connectivity index (χ1v) is 14.4. The number of carboxylic acids is 1. The van der Waals surface area contributed by atoms with Crippen LogP contribution in [0.5, 0.6) is 11.5 Å². The number of aliphatic carboxylic acids is 1. The van der Waals surface area contributed by atoms with Crippen molar-refractivity contribution in [3.63, 3.8) is 0 Å². The maximum atomic E-state index is 13.8. The molecule has 210 valence electrons. The van der Waals surface area contributed by atoms with Gasteiger partial charge in [0.25, 0.3) is 0 Å². The van der Waals surface area contributed by atoms with Crippen molar-refractivity contribution in [1.82, 2.24) is 4.90 Å². The van der Waals surface area contributed by atoms with Gasteiger partial charge in [-0.2, -0.15) is 0 Å². The Hall–Kier alpha value is -3.49. The van der Waals surface area contributed by atoms with Crippen molar-refractivity contribution in [2.24, 2.45) is 5.92 Å². The number of ether oxygens (including phenoxy) is 2. The number of aryl methyl sites for hydroxylation is 2. The molecule has 40 heavy (non-hydrogen) atoms. The molecule has 1 N–H and O–H groups in total. The first kappa shape index (κ1) is 29.5. The van der Waals surface area contributed by atoms with E-state index in [1.54, 1.807) is 40.9 Å². The van der Waals surface area contributed by atoms with Crippen LogP contribution in [0.4, 0.5) is 4.79 Å². The summed E-state index contributed by atoms with van der Waals surface area (Å²) in [6.07, 6.45) is 1.43. The van der Waals surface area contributed by atoms with Gasteiger partial charge in [0.2, 0.25) is 0 Å². The van der Waals surface area contributed by atoms with Crippen LogP contribution in [0.2, 0.25) is 5.02 Å². The van der Waals surface area contributed by atoms with Crippen molar-refractivity contribution in [3.8, 4) is 11.5 Å². The number of amides is 1. The molecular weight excluding hydrogens is 550 g/mol. The third-order valence-corrected chi connectivity index (χ3v) is 8.09. The van der Waals surface area contributed by atoms with Crippen LogP contribution < -0.4 is 9.47 Å². The fourth-order valence-electron chi connectivity index (χ4n) is 4.85. The number of halogens is 1. The van der Waals surface area contributed by atoms with Gasteiger partial charge in [0, 0.05) is 40.4 Å². The zero-order valence-electron chi connectivity index (χ0n) is 23.1. The van der Waals surface area contributed by atoms with Crippen molar-refractivity contribution >= 4 is 41.2 Å². The number of likely N-dealkylation sites (tertiary alicyclic amines) is 1. The topological polar surface area (TPSA) is 93.1 Å². The molecule has 3 aromatic rings. The summed E-state index contributed by atoms with van der Waals surface area (Å²) in [7, 11) is 0. The van der Waals surface area contributed by atoms with Crippen molar-refractivity contribution < 1.29 is 29.0 Å². The van der Waals surface area contributed by atoms with E-state index in [2.05, 4.69) is 0 Å². The number of carbonyl (C=O) groups excluding carboxylic acids is 2. The third kappa shape index (κ3) is 6.45. The van der Waals surface area contributed by atoms with Crippen molar-refractivity contribution in [3.05, 3.63) is 87.9 Å². The molecule has 0 saturated carbocycles. The minimum atomic E-state index is -1.41. The van der Waals surface area contributed by atoms with Crippen LogP contribution in [-0.4, -0.2) is 52.8 Å². The summed E-state index contributed by atoms with van der Waals surface area (Å²) in [5.74, 6) is -1.07. The predicted molar refractivity (Wildman–Crippen MR) is 156 cm³/mol. The van der Waals surface area contributed by atoms with E-state index in [4.69, 9.17) is 21.1 Å². The van der Waals surface area contributed by atoms with Crippen molar-refractivity contribution in [1.29, 1.82) is 0 Å². The number of benzene rings is 3. The van der Waals surface area contributed by atoms with Crippen molar-refractivity contribution in [2.45, 2.75) is 44.1 Å². The number of thioether (sulfide) groups is 1. The van der Waals surface area contributed by atoms with E-state index in [0.29, 0.717) is 22.1 Å². The van der Waals surface area contributed by atoms with Gasteiger partial charge in [-0.15, -0.1) is 11.8 Å². The lowest BCUT2D eigenvalue weighted by molar-refractivity contribution is -0.152. The van der Waals surface area contributed by atoms with Gasteiger partial charge in [-0.25, -0.2) is 9.59 Å². The number of nitrogens with zero attached hydrogens (tertiary/aromatic N) is 1. The highest BCUT2D eigenvalue weighted by Gasteiger charge is 2.42. The summed E-state index contributed by atoms with van der Waals surface area (Å²) in [4.78, 5) is 41.2. The lowest BCUT2D eigenvalue weighted by Crippen LogP contribution is -2.38. The molecule has 1 heterocycles. The molecule has 1 amide bonds. The molecule has 1 aliphatic heterocycles. The van der Waals surface area contributed by atoms with E-state index in [0.717, 1.165) is 21.6 Å². The number of ketones is 1. The second-order valence-electron chi connectivity index (χ2n) is 10.4. The average Bonchev–Trinajstić information content (AvgIpc) is 3.37. The van der Waals surface area contributed by atoms with Crippen LogP contribution in [0, 0.1) is 19.8 Å². The van der Waals surface area contributed by atoms with Crippen molar-refractivity contribution in [2.75, 3.05) is 19.3 Å². The molecule has 9 heteroatoms. The Balaban J connectivity index is 1.66. The molecule has 7 nitrogen and oxygen atoms in total. The van der Waals surface area contributed by atoms with E-state index in [9.17, 15) is 19.5 Å². The smallest absolute Gasteiger partial charge is 0.415 e. The lowest BCUT2D eigenvalue weighted by atomic mass is 9.82. The number of hydrogen-bond donors (Lipinski definition) is 1. The molecule has 1 saturated heterocycles. The summed E-state index contributed by atoms with van der Waals surface area (Å²) in [5.41, 5.74) is 1.55. The van der Waals surface area contributed by atoms with Gasteiger partial charge in [0.15, 0.2) is 11.4 Å². The van der Waals surface area contributed by atoms with E-state index in [1.165, 1.54) is 13.8 Å². The fraction of sp³-hybridized carbons (Fsp3) is 0.323. The Morgan fingerprint density at radius 3 is 2.12 bits per heavy atom. The Labute approximate surface area is 243 Å². The van der Waals surface area contributed by atoms with Gasteiger partial charge in [0.05, 0.1) is 0 Å². The highest BCUT2D eigenvalue weighted by atomic mass is 35.5. The quantitative estimate of drug-likeness (QED) is 0.226. The summed E-state index contributed by atoms with van der Waals surface area (Å²) >= 11 is 7.55. The molecule has 0 unspecified atom stereocenters. The molecule has 0 spiro atoms. The summed E-state index contributed by atoms with van der Waals surface area (Å²) < 4.78 is 11.5. The monoisotopic (exact) mass is 581 g/mol. The molecule has 0 aromatic heterocycles. The molecule has 0 radical (unpaired) electrons. The standard InChI is InChI=1S/C31H32ClNO6S/c1-18-14-21(15-19(2)28(18)39-31(3,4)29(35)36)25-16-33(30(37)38-23-10-8-22(32)9-11-23)17-26(25)27(34)20-6-12-24(40-5)13-7-20/h6-15,25-26H,16-17H2,1-5H3,(H,35,36)/t25-,26+/m1/s1. The maximum Gasteiger partial charge on any atom is 0.415 e. The highest BCUT2D eigenvalue weighted by molar-refractivity contribution is 7.98. The van der Waals surface area contributed by atoms with Gasteiger partial charge in [-0.3, -0.25) is 4.79 Å². The molecule has 3 aromatic carbocycles. The summed E-state index contributed by atoms with van der Waals surface area (Å²) in [5, 5.41) is 10.1. The molecule has 2 atom stereocenters. The molecule has 1 fully saturated rings. The average molecular weight is 582 g/mol. The lowest BCUT2D eigenvalue weighted by Gasteiger charge is -2.26. The SMILES string of the molecule is CSc1ccc(C(=O)[C@H]2CN(C(=O)Oc3ccc(Cl)cc3)C[C@@H]2c2cc(C)c(OC(C)(C)C(=O)O)c(C)c2)cc1. The van der Waals surface area contributed by atoms with E-state index in [1.807, 2.05) is 56.5 Å². The van der Waals surface area contributed by atoms with Crippen LogP contribution in [-0.2, 0) is 4.79 Å². The minimum Gasteiger partial charge on any atom is -0.478 e. The van der Waals surface area contributed by atoms with Crippen LogP contribution in [0.15, 0.2) is 65.6 Å². The second-order valence-corrected chi connectivity index (χ2v) is 11.8. The largest absolute Gasteiger partial charge is 0.478 e. The molecule has 0 aliphatic carbocycles. The van der Waals surface area contributed by atoms with Crippen LogP contribution in [0.3, 0.4) is 0 Å². The number of rotatable bonds is 8. The van der Waals surface area contributed by atoms with Gasteiger partial charge in [-0.05, 0) is 87.0 Å². The molecule has 1 aliphatic rings. The van der Waals surface area contributed by atoms with Gasteiger partial charge < -0.3 is 19.5 Å². The Morgan fingerprint density at radius 2 is 1.57 bits per heavy atom. The molecule has 0 bridgehead atoms. The number of carbonyl (C=O) groups is 3. The van der Waals surface area contributed by atoms with Crippen LogP contribution in [0.25, 0.3) is 0 Å². The fourth-order valence-corrected chi connectivity index (χ4v) is 5.39. The third-order valence-electron chi connectivity index (χ3n) is 7.09. The normalized spacial score (nSPS) is 17.0. The molecular formula is C31H32ClNO6S. The predicted octanol–water partition coefficient (Wildman–Crippen LogP) is 7.02. The van der Waals surface area contributed by atoms with Gasteiger partial charge in [-0.1, -0.05) is 35.9 Å². The highest BCUT2D eigenvalue weighted by Crippen LogP contribution is 2.39. The number of Topliss-reactive ketones (excluding diaryl/α,β-unsaturated/α-hetero) is 1. The van der Waals surface area contributed by atoms with Gasteiger partial charge >= 0.3 is 12.1 Å². The Kier molecular flexibility index (Phi) is 8.80. The summed E-state index contributed by atoms with van der Waals surface area (Å²) in [6.45, 7) is 7.18. The first-order chi connectivity index (χ1) is 18.9. The zero-order chi connectivity index (χ0) is 29.2. The Morgan fingerprint density at radius 1 is 0.975 bits per heavy atom. The van der Waals surface area contributed by atoms with E-state index < -0.39 is 23.6 Å². The molecule has 4 rings (SSSR count). The van der Waals surface area contributed by atoms with E-state index in [-0.39, 0.29) is 24.8 Å². The van der Waals surface area contributed by atoms with Gasteiger partial charge in [0.1, 0.15) is 11.5 Å². The first-order valence-electron chi connectivity index (χ1n) is 12.8. The minimum absolute atomic E-state index is 0.0536.